The zero-order valence-electron chi connectivity index (χ0n) is 12.3. The number of hydrogen-bond donors (Lipinski definition) is 1. The first-order valence-corrected chi connectivity index (χ1v) is 7.84. The molecule has 22 heavy (non-hydrogen) atoms. The standard InChI is InChI=1S/C16H19ClN4O/c17-14-4-1-3-13(9-14)12-22-16-11-19-10-15(20-16)21-7-2-5-18-6-8-21/h1,3-4,9-11,18H,2,5-8,12H2. The summed E-state index contributed by atoms with van der Waals surface area (Å²) in [5.41, 5.74) is 1.01. The number of hydrogen-bond acceptors (Lipinski definition) is 5. The first-order chi connectivity index (χ1) is 10.8. The highest BCUT2D eigenvalue weighted by molar-refractivity contribution is 6.30. The number of nitrogens with zero attached hydrogens (tertiary/aromatic N) is 3. The van der Waals surface area contributed by atoms with Gasteiger partial charge in [0.25, 0.3) is 0 Å². The maximum Gasteiger partial charge on any atom is 0.234 e. The summed E-state index contributed by atoms with van der Waals surface area (Å²) in [5, 5.41) is 4.09. The lowest BCUT2D eigenvalue weighted by Gasteiger charge is -2.20. The molecule has 1 aliphatic rings. The third-order valence-corrected chi connectivity index (χ3v) is 3.77. The van der Waals surface area contributed by atoms with E-state index in [2.05, 4.69) is 20.2 Å². The van der Waals surface area contributed by atoms with Crippen molar-refractivity contribution in [2.24, 2.45) is 0 Å². The number of nitrogens with one attached hydrogen (secondary N) is 1. The van der Waals surface area contributed by atoms with Crippen molar-refractivity contribution in [2.75, 3.05) is 31.1 Å². The van der Waals surface area contributed by atoms with Crippen molar-refractivity contribution < 1.29 is 4.74 Å². The number of rotatable bonds is 4. The molecular weight excluding hydrogens is 300 g/mol. The molecule has 6 heteroatoms. The molecule has 0 saturated carbocycles. The minimum Gasteiger partial charge on any atom is -0.472 e. The monoisotopic (exact) mass is 318 g/mol. The Bertz CT molecular complexity index is 615. The third kappa shape index (κ3) is 4.08. The van der Waals surface area contributed by atoms with E-state index in [-0.39, 0.29) is 0 Å². The maximum absolute atomic E-state index is 5.97. The Hall–Kier alpha value is -1.85. The normalized spacial score (nSPS) is 15.4. The predicted octanol–water partition coefficient (Wildman–Crippen LogP) is 2.51. The molecule has 1 saturated heterocycles. The van der Waals surface area contributed by atoms with Gasteiger partial charge in [-0.1, -0.05) is 23.7 Å². The van der Waals surface area contributed by atoms with Gasteiger partial charge in [-0.05, 0) is 30.7 Å². The number of aromatic nitrogens is 2. The van der Waals surface area contributed by atoms with Crippen LogP contribution in [0.4, 0.5) is 5.82 Å². The molecule has 3 rings (SSSR count). The Balaban J connectivity index is 1.65. The molecule has 0 aliphatic carbocycles. The fraction of sp³-hybridized carbons (Fsp3) is 0.375. The fourth-order valence-electron chi connectivity index (χ4n) is 2.42. The van der Waals surface area contributed by atoms with E-state index in [0.29, 0.717) is 17.5 Å². The van der Waals surface area contributed by atoms with Gasteiger partial charge in [0, 0.05) is 24.7 Å². The van der Waals surface area contributed by atoms with Crippen LogP contribution in [0.1, 0.15) is 12.0 Å². The van der Waals surface area contributed by atoms with E-state index in [1.807, 2.05) is 24.3 Å². The number of benzene rings is 1. The summed E-state index contributed by atoms with van der Waals surface area (Å²) < 4.78 is 5.74. The van der Waals surface area contributed by atoms with E-state index < -0.39 is 0 Å². The second-order valence-corrected chi connectivity index (χ2v) is 5.66. The number of halogens is 1. The van der Waals surface area contributed by atoms with Crippen LogP contribution in [0.15, 0.2) is 36.7 Å². The average molecular weight is 319 g/mol. The Morgan fingerprint density at radius 2 is 2.18 bits per heavy atom. The van der Waals surface area contributed by atoms with Gasteiger partial charge in [0.05, 0.1) is 12.4 Å². The second kappa shape index (κ2) is 7.42. The van der Waals surface area contributed by atoms with Crippen LogP contribution < -0.4 is 15.0 Å². The quantitative estimate of drug-likeness (QED) is 0.938. The van der Waals surface area contributed by atoms with E-state index in [1.165, 1.54) is 0 Å². The summed E-state index contributed by atoms with van der Waals surface area (Å²) in [6.07, 6.45) is 4.54. The van der Waals surface area contributed by atoms with E-state index in [4.69, 9.17) is 16.3 Å². The lowest BCUT2D eigenvalue weighted by Crippen LogP contribution is -2.28. The zero-order chi connectivity index (χ0) is 15.2. The summed E-state index contributed by atoms with van der Waals surface area (Å²) in [6, 6.07) is 7.62. The van der Waals surface area contributed by atoms with Crippen molar-refractivity contribution in [3.05, 3.63) is 47.2 Å². The van der Waals surface area contributed by atoms with Gasteiger partial charge in [-0.25, -0.2) is 0 Å². The Morgan fingerprint density at radius 3 is 3.09 bits per heavy atom. The molecule has 0 atom stereocenters. The van der Waals surface area contributed by atoms with Crippen LogP contribution in [-0.2, 0) is 6.61 Å². The molecule has 1 N–H and O–H groups in total. The summed E-state index contributed by atoms with van der Waals surface area (Å²) in [4.78, 5) is 11.0. The number of ether oxygens (including phenoxy) is 1. The van der Waals surface area contributed by atoms with Gasteiger partial charge < -0.3 is 15.0 Å². The van der Waals surface area contributed by atoms with Gasteiger partial charge in [-0.15, -0.1) is 0 Å². The first kappa shape index (κ1) is 15.1. The molecular formula is C16H19ClN4O. The molecule has 0 unspecified atom stereocenters. The second-order valence-electron chi connectivity index (χ2n) is 5.22. The van der Waals surface area contributed by atoms with Crippen LogP contribution in [0, 0.1) is 0 Å². The van der Waals surface area contributed by atoms with Crippen LogP contribution in [-0.4, -0.2) is 36.1 Å². The highest BCUT2D eigenvalue weighted by Crippen LogP contribution is 2.17. The van der Waals surface area contributed by atoms with Gasteiger partial charge in [0.15, 0.2) is 5.82 Å². The Labute approximate surface area is 135 Å². The van der Waals surface area contributed by atoms with Crippen LogP contribution in [0.2, 0.25) is 5.02 Å². The predicted molar refractivity (Wildman–Crippen MR) is 87.5 cm³/mol. The molecule has 2 heterocycles. The highest BCUT2D eigenvalue weighted by atomic mass is 35.5. The van der Waals surface area contributed by atoms with Gasteiger partial charge in [-0.3, -0.25) is 4.98 Å². The van der Waals surface area contributed by atoms with E-state index in [9.17, 15) is 0 Å². The molecule has 1 fully saturated rings. The molecule has 1 aliphatic heterocycles. The van der Waals surface area contributed by atoms with E-state index in [1.54, 1.807) is 12.4 Å². The van der Waals surface area contributed by atoms with Crippen molar-refractivity contribution in [3.63, 3.8) is 0 Å². The van der Waals surface area contributed by atoms with Crippen LogP contribution in [0.3, 0.4) is 0 Å². The summed E-state index contributed by atoms with van der Waals surface area (Å²) >= 11 is 5.97. The Morgan fingerprint density at radius 1 is 1.23 bits per heavy atom. The minimum atomic E-state index is 0.431. The summed E-state index contributed by atoms with van der Waals surface area (Å²) in [7, 11) is 0. The molecule has 0 amide bonds. The van der Waals surface area contributed by atoms with Crippen LogP contribution >= 0.6 is 11.6 Å². The van der Waals surface area contributed by atoms with Crippen molar-refractivity contribution in [1.29, 1.82) is 0 Å². The highest BCUT2D eigenvalue weighted by Gasteiger charge is 2.12. The van der Waals surface area contributed by atoms with Crippen molar-refractivity contribution >= 4 is 17.4 Å². The molecule has 5 nitrogen and oxygen atoms in total. The summed E-state index contributed by atoms with van der Waals surface area (Å²) in [6.45, 7) is 4.37. The van der Waals surface area contributed by atoms with Crippen molar-refractivity contribution in [1.82, 2.24) is 15.3 Å². The lowest BCUT2D eigenvalue weighted by molar-refractivity contribution is 0.292. The van der Waals surface area contributed by atoms with Gasteiger partial charge >= 0.3 is 0 Å². The van der Waals surface area contributed by atoms with Gasteiger partial charge in [0.2, 0.25) is 5.88 Å². The Kier molecular flexibility index (Phi) is 5.08. The minimum absolute atomic E-state index is 0.431. The molecule has 0 bridgehead atoms. The molecule has 1 aromatic carbocycles. The first-order valence-electron chi connectivity index (χ1n) is 7.46. The number of anilines is 1. The summed E-state index contributed by atoms with van der Waals surface area (Å²) in [5.74, 6) is 1.40. The topological polar surface area (TPSA) is 50.3 Å². The molecule has 0 spiro atoms. The van der Waals surface area contributed by atoms with Gasteiger partial charge in [0.1, 0.15) is 6.61 Å². The van der Waals surface area contributed by atoms with Gasteiger partial charge in [-0.2, -0.15) is 4.98 Å². The zero-order valence-corrected chi connectivity index (χ0v) is 13.1. The lowest BCUT2D eigenvalue weighted by atomic mass is 10.2. The van der Waals surface area contributed by atoms with Crippen LogP contribution in [0.5, 0.6) is 5.88 Å². The smallest absolute Gasteiger partial charge is 0.234 e. The van der Waals surface area contributed by atoms with Crippen LogP contribution in [0.25, 0.3) is 0 Å². The van der Waals surface area contributed by atoms with Crippen molar-refractivity contribution in [2.45, 2.75) is 13.0 Å². The molecule has 1 aromatic heterocycles. The average Bonchev–Trinajstić information content (AvgIpc) is 2.83. The fourth-order valence-corrected chi connectivity index (χ4v) is 2.63. The third-order valence-electron chi connectivity index (χ3n) is 3.54. The van der Waals surface area contributed by atoms with E-state index in [0.717, 1.165) is 44.0 Å². The molecule has 0 radical (unpaired) electrons. The van der Waals surface area contributed by atoms with Crippen molar-refractivity contribution in [3.8, 4) is 5.88 Å². The SMILES string of the molecule is Clc1cccc(COc2cncc(N3CCCNCC3)n2)c1. The molecule has 2 aromatic rings. The van der Waals surface area contributed by atoms with E-state index >= 15 is 0 Å². The molecule has 116 valence electrons. The largest absolute Gasteiger partial charge is 0.472 e. The maximum atomic E-state index is 5.97.